The van der Waals surface area contributed by atoms with Crippen molar-refractivity contribution in [3.8, 4) is 0 Å². The predicted octanol–water partition coefficient (Wildman–Crippen LogP) is -3.91. The quantitative estimate of drug-likeness (QED) is 0.0472. The first kappa shape index (κ1) is 33.0. The second kappa shape index (κ2) is 16.7. The van der Waals surface area contributed by atoms with E-state index in [4.69, 9.17) is 28.7 Å². The van der Waals surface area contributed by atoms with Gasteiger partial charge in [-0.25, -0.2) is 4.79 Å². The normalized spacial score (nSPS) is 14.7. The Labute approximate surface area is 214 Å². The van der Waals surface area contributed by atoms with Gasteiger partial charge in [-0.3, -0.25) is 29.0 Å². The lowest BCUT2D eigenvalue weighted by Gasteiger charge is -2.27. The number of hydrogen-bond acceptors (Lipinski definition) is 8. The lowest BCUT2D eigenvalue weighted by molar-refractivity contribution is -0.143. The highest BCUT2D eigenvalue weighted by atomic mass is 16.4. The highest BCUT2D eigenvalue weighted by Crippen LogP contribution is 2.10. The zero-order valence-electron chi connectivity index (χ0n) is 21.1. The molecule has 0 radical (unpaired) electrons. The number of hydrogen-bond donors (Lipinski definition) is 9. The molecule has 16 nitrogen and oxygen atoms in total. The molecule has 5 amide bonds. The molecule has 0 rings (SSSR count). The molecule has 210 valence electrons. The number of nitrogens with zero attached hydrogens (tertiary/aromatic N) is 1. The minimum absolute atomic E-state index is 0.0164. The summed E-state index contributed by atoms with van der Waals surface area (Å²) in [4.78, 5) is 76.1. The molecule has 5 unspecified atom stereocenters. The first-order chi connectivity index (χ1) is 17.2. The number of carboxylic acids is 1. The number of nitrogens with one attached hydrogen (secondary N) is 3. The maximum Gasteiger partial charge on any atom is 0.326 e. The standard InChI is InChI=1S/C21H39N9O7/c1-3-10(2)16(19(35)28-12(20(36)37)5-4-8-27-21(25)26)30-18(34)13(9-15(24)32)29-17(33)11(22)6-7-14(23)31/h10-13,16H,3-9,22H2,1-2H3,(H2,23,31)(H2,24,32)(H,28,35)(H,29,33)(H,30,34)(H,36,37)(H4,25,26,27). The molecule has 0 spiro atoms. The number of aliphatic imine (C=N–C) groups is 1. The van der Waals surface area contributed by atoms with Gasteiger partial charge in [0.05, 0.1) is 12.5 Å². The minimum atomic E-state index is -1.47. The Kier molecular flexibility index (Phi) is 14.9. The molecule has 0 aromatic rings. The average molecular weight is 530 g/mol. The van der Waals surface area contributed by atoms with Crippen molar-refractivity contribution in [3.05, 3.63) is 0 Å². The predicted molar refractivity (Wildman–Crippen MR) is 133 cm³/mol. The summed E-state index contributed by atoms with van der Waals surface area (Å²) in [5, 5.41) is 16.6. The van der Waals surface area contributed by atoms with E-state index in [1.165, 1.54) is 0 Å². The van der Waals surface area contributed by atoms with Crippen LogP contribution in [-0.4, -0.2) is 77.3 Å². The van der Waals surface area contributed by atoms with E-state index >= 15 is 0 Å². The fraction of sp³-hybridized carbons (Fsp3) is 0.667. The van der Waals surface area contributed by atoms with Crippen LogP contribution in [0.2, 0.25) is 0 Å². The smallest absolute Gasteiger partial charge is 0.326 e. The SMILES string of the molecule is CCC(C)C(NC(=O)C(CC(N)=O)NC(=O)C(N)CCC(N)=O)C(=O)NC(CCCN=C(N)N)C(=O)O. The summed E-state index contributed by atoms with van der Waals surface area (Å²) in [6.45, 7) is 3.56. The summed E-state index contributed by atoms with van der Waals surface area (Å²) in [6.07, 6.45) is -0.165. The van der Waals surface area contributed by atoms with Crippen molar-refractivity contribution in [1.82, 2.24) is 16.0 Å². The van der Waals surface area contributed by atoms with Crippen LogP contribution in [0.5, 0.6) is 0 Å². The van der Waals surface area contributed by atoms with Crippen LogP contribution in [0.15, 0.2) is 4.99 Å². The summed E-state index contributed by atoms with van der Waals surface area (Å²) in [5.41, 5.74) is 26.4. The van der Waals surface area contributed by atoms with Crippen molar-refractivity contribution >= 4 is 41.5 Å². The molecule has 0 saturated heterocycles. The Hall–Kier alpha value is -3.95. The van der Waals surface area contributed by atoms with E-state index in [-0.39, 0.29) is 38.2 Å². The van der Waals surface area contributed by atoms with Gasteiger partial charge in [0, 0.05) is 13.0 Å². The van der Waals surface area contributed by atoms with Gasteiger partial charge in [-0.2, -0.15) is 0 Å². The third-order valence-electron chi connectivity index (χ3n) is 5.43. The van der Waals surface area contributed by atoms with Crippen LogP contribution in [0.3, 0.4) is 0 Å². The lowest BCUT2D eigenvalue weighted by Crippen LogP contribution is -2.59. The molecule has 0 aromatic heterocycles. The van der Waals surface area contributed by atoms with Crippen LogP contribution in [0.4, 0.5) is 0 Å². The molecule has 0 aliphatic heterocycles. The fourth-order valence-electron chi connectivity index (χ4n) is 3.10. The Balaban J connectivity index is 5.52. The first-order valence-corrected chi connectivity index (χ1v) is 11.7. The van der Waals surface area contributed by atoms with Crippen LogP contribution in [0, 0.1) is 5.92 Å². The molecular formula is C21H39N9O7. The third-order valence-corrected chi connectivity index (χ3v) is 5.43. The monoisotopic (exact) mass is 529 g/mol. The van der Waals surface area contributed by atoms with E-state index in [0.717, 1.165) is 0 Å². The Bertz CT molecular complexity index is 861. The number of carbonyl (C=O) groups is 6. The van der Waals surface area contributed by atoms with Gasteiger partial charge in [-0.15, -0.1) is 0 Å². The highest BCUT2D eigenvalue weighted by Gasteiger charge is 2.33. The van der Waals surface area contributed by atoms with Crippen molar-refractivity contribution < 1.29 is 33.9 Å². The summed E-state index contributed by atoms with van der Waals surface area (Å²) >= 11 is 0. The molecule has 0 saturated carbocycles. The summed E-state index contributed by atoms with van der Waals surface area (Å²) in [5.74, 6) is -6.01. The van der Waals surface area contributed by atoms with Crippen molar-refractivity contribution in [2.75, 3.05) is 6.54 Å². The number of rotatable bonds is 18. The van der Waals surface area contributed by atoms with Crippen LogP contribution in [0.25, 0.3) is 0 Å². The number of nitrogens with two attached hydrogens (primary N) is 5. The van der Waals surface area contributed by atoms with E-state index in [1.54, 1.807) is 13.8 Å². The van der Waals surface area contributed by atoms with Gasteiger partial charge in [-0.1, -0.05) is 20.3 Å². The van der Waals surface area contributed by atoms with Gasteiger partial charge in [0.1, 0.15) is 18.1 Å². The molecule has 0 aliphatic carbocycles. The van der Waals surface area contributed by atoms with Gasteiger partial charge >= 0.3 is 5.97 Å². The molecule has 0 aliphatic rings. The largest absolute Gasteiger partial charge is 0.480 e. The molecule has 0 heterocycles. The number of carbonyl (C=O) groups excluding carboxylic acids is 5. The van der Waals surface area contributed by atoms with E-state index in [2.05, 4.69) is 20.9 Å². The van der Waals surface area contributed by atoms with Gasteiger partial charge in [0.2, 0.25) is 29.5 Å². The molecular weight excluding hydrogens is 490 g/mol. The highest BCUT2D eigenvalue weighted by molar-refractivity contribution is 5.96. The Morgan fingerprint density at radius 2 is 1.43 bits per heavy atom. The van der Waals surface area contributed by atoms with Gasteiger partial charge < -0.3 is 49.7 Å². The maximum absolute atomic E-state index is 13.0. The van der Waals surface area contributed by atoms with Gasteiger partial charge in [-0.05, 0) is 25.2 Å². The van der Waals surface area contributed by atoms with Crippen molar-refractivity contribution in [1.29, 1.82) is 0 Å². The number of carboxylic acid groups (broad SMARTS) is 1. The van der Waals surface area contributed by atoms with Crippen molar-refractivity contribution in [2.24, 2.45) is 39.6 Å². The molecule has 5 atom stereocenters. The number of amides is 5. The van der Waals surface area contributed by atoms with Crippen LogP contribution < -0.4 is 44.6 Å². The van der Waals surface area contributed by atoms with Crippen LogP contribution in [0.1, 0.15) is 52.4 Å². The molecule has 16 heteroatoms. The second-order valence-corrected chi connectivity index (χ2v) is 8.56. The Morgan fingerprint density at radius 3 is 1.92 bits per heavy atom. The number of guanidine groups is 1. The summed E-state index contributed by atoms with van der Waals surface area (Å²) < 4.78 is 0. The van der Waals surface area contributed by atoms with E-state index in [1.807, 2.05) is 0 Å². The molecule has 0 aromatic carbocycles. The fourth-order valence-corrected chi connectivity index (χ4v) is 3.10. The minimum Gasteiger partial charge on any atom is -0.480 e. The molecule has 0 bridgehead atoms. The van der Waals surface area contributed by atoms with Crippen molar-refractivity contribution in [3.63, 3.8) is 0 Å². The molecule has 0 fully saturated rings. The topological polar surface area (TPSA) is 301 Å². The van der Waals surface area contributed by atoms with Gasteiger partial charge in [0.25, 0.3) is 0 Å². The third kappa shape index (κ3) is 13.6. The number of primary amides is 2. The van der Waals surface area contributed by atoms with Crippen molar-refractivity contribution in [2.45, 2.75) is 76.5 Å². The van der Waals surface area contributed by atoms with Crippen LogP contribution in [-0.2, 0) is 28.8 Å². The zero-order chi connectivity index (χ0) is 28.7. The number of aliphatic carboxylic acids is 1. The van der Waals surface area contributed by atoms with Gasteiger partial charge in [0.15, 0.2) is 5.96 Å². The first-order valence-electron chi connectivity index (χ1n) is 11.7. The lowest BCUT2D eigenvalue weighted by atomic mass is 9.97. The van der Waals surface area contributed by atoms with E-state index in [0.29, 0.717) is 6.42 Å². The summed E-state index contributed by atoms with van der Waals surface area (Å²) in [7, 11) is 0. The zero-order valence-corrected chi connectivity index (χ0v) is 21.1. The Morgan fingerprint density at radius 1 is 0.838 bits per heavy atom. The van der Waals surface area contributed by atoms with E-state index < -0.39 is 72.0 Å². The average Bonchev–Trinajstić information content (AvgIpc) is 2.80. The summed E-state index contributed by atoms with van der Waals surface area (Å²) in [6, 6.07) is -5.15. The second-order valence-electron chi connectivity index (χ2n) is 8.56. The van der Waals surface area contributed by atoms with E-state index in [9.17, 15) is 33.9 Å². The molecule has 37 heavy (non-hydrogen) atoms. The maximum atomic E-state index is 13.0. The van der Waals surface area contributed by atoms with Crippen LogP contribution >= 0.6 is 0 Å². The molecule has 14 N–H and O–H groups in total.